The fourth-order valence-electron chi connectivity index (χ4n) is 3.26. The van der Waals surface area contributed by atoms with Crippen LogP contribution < -0.4 is 5.32 Å². The number of piperidine rings is 1. The van der Waals surface area contributed by atoms with Crippen LogP contribution in [0.4, 0.5) is 4.79 Å². The lowest BCUT2D eigenvalue weighted by Crippen LogP contribution is -2.48. The molecule has 3 heterocycles. The number of rotatable bonds is 6. The summed E-state index contributed by atoms with van der Waals surface area (Å²) >= 11 is 0. The minimum atomic E-state index is -0.162. The molecule has 0 aliphatic carbocycles. The standard InChI is InChI=1S/C19H28N6O2/c1-14(2)17(18-21-13-22-24(18)3)23-19(26)25-9-6-16(7-10-25)27-12-15-5-4-8-20-11-15/h4-5,8,11,13-14,16-17H,6-7,9-10,12H2,1-3H3,(H,23,26). The van der Waals surface area contributed by atoms with Crippen LogP contribution in [0.15, 0.2) is 30.9 Å². The van der Waals surface area contributed by atoms with Crippen LogP contribution in [0.1, 0.15) is 44.1 Å². The van der Waals surface area contributed by atoms with E-state index < -0.39 is 0 Å². The Labute approximate surface area is 159 Å². The highest BCUT2D eigenvalue weighted by atomic mass is 16.5. The Hall–Kier alpha value is -2.48. The van der Waals surface area contributed by atoms with E-state index in [4.69, 9.17) is 4.74 Å². The minimum absolute atomic E-state index is 0.0533. The summed E-state index contributed by atoms with van der Waals surface area (Å²) in [6, 6.07) is 3.70. The van der Waals surface area contributed by atoms with Gasteiger partial charge in [0, 0.05) is 32.5 Å². The van der Waals surface area contributed by atoms with Gasteiger partial charge in [0.25, 0.3) is 0 Å². The molecule has 1 atom stereocenters. The van der Waals surface area contributed by atoms with Crippen molar-refractivity contribution in [3.8, 4) is 0 Å². The predicted molar refractivity (Wildman–Crippen MR) is 101 cm³/mol. The van der Waals surface area contributed by atoms with E-state index in [-0.39, 0.29) is 24.1 Å². The first-order valence-corrected chi connectivity index (χ1v) is 9.44. The smallest absolute Gasteiger partial charge is 0.317 e. The van der Waals surface area contributed by atoms with Crippen molar-refractivity contribution in [3.05, 3.63) is 42.2 Å². The van der Waals surface area contributed by atoms with E-state index in [0.29, 0.717) is 19.7 Å². The van der Waals surface area contributed by atoms with Crippen LogP contribution in [0, 0.1) is 5.92 Å². The summed E-state index contributed by atoms with van der Waals surface area (Å²) in [6.07, 6.45) is 6.94. The molecular formula is C19H28N6O2. The number of aryl methyl sites for hydroxylation is 1. The van der Waals surface area contributed by atoms with Crippen molar-refractivity contribution in [1.29, 1.82) is 0 Å². The number of amides is 2. The third kappa shape index (κ3) is 5.03. The molecule has 2 amide bonds. The minimum Gasteiger partial charge on any atom is -0.373 e. The van der Waals surface area contributed by atoms with Crippen LogP contribution in [0.3, 0.4) is 0 Å². The van der Waals surface area contributed by atoms with Gasteiger partial charge in [-0.1, -0.05) is 19.9 Å². The van der Waals surface area contributed by atoms with Gasteiger partial charge in [0.05, 0.1) is 18.8 Å². The molecule has 0 aromatic carbocycles. The van der Waals surface area contributed by atoms with Crippen molar-refractivity contribution in [2.75, 3.05) is 13.1 Å². The van der Waals surface area contributed by atoms with Crippen molar-refractivity contribution < 1.29 is 9.53 Å². The molecule has 0 bridgehead atoms. The molecule has 1 aliphatic rings. The van der Waals surface area contributed by atoms with E-state index in [1.54, 1.807) is 10.9 Å². The fraction of sp³-hybridized carbons (Fsp3) is 0.579. The monoisotopic (exact) mass is 372 g/mol. The number of carbonyl (C=O) groups is 1. The average Bonchev–Trinajstić information content (AvgIpc) is 3.11. The van der Waals surface area contributed by atoms with Gasteiger partial charge in [-0.05, 0) is 30.4 Å². The molecule has 146 valence electrons. The van der Waals surface area contributed by atoms with Gasteiger partial charge in [-0.2, -0.15) is 5.10 Å². The Morgan fingerprint density at radius 2 is 2.15 bits per heavy atom. The van der Waals surface area contributed by atoms with Gasteiger partial charge >= 0.3 is 6.03 Å². The quantitative estimate of drug-likeness (QED) is 0.841. The van der Waals surface area contributed by atoms with Crippen LogP contribution >= 0.6 is 0 Å². The van der Waals surface area contributed by atoms with Gasteiger partial charge < -0.3 is 15.0 Å². The summed E-state index contributed by atoms with van der Waals surface area (Å²) in [5.41, 5.74) is 1.07. The number of hydrogen-bond acceptors (Lipinski definition) is 5. The number of pyridine rings is 1. The number of ether oxygens (including phenoxy) is 1. The second-order valence-electron chi connectivity index (χ2n) is 7.27. The van der Waals surface area contributed by atoms with E-state index in [0.717, 1.165) is 24.2 Å². The first-order valence-electron chi connectivity index (χ1n) is 9.44. The molecule has 8 heteroatoms. The number of hydrogen-bond donors (Lipinski definition) is 1. The molecule has 2 aromatic rings. The summed E-state index contributed by atoms with van der Waals surface area (Å²) < 4.78 is 7.68. The zero-order valence-electron chi connectivity index (χ0n) is 16.2. The number of nitrogens with zero attached hydrogens (tertiary/aromatic N) is 5. The van der Waals surface area contributed by atoms with Crippen LogP contribution in [-0.2, 0) is 18.4 Å². The highest BCUT2D eigenvalue weighted by Crippen LogP contribution is 2.21. The molecule has 8 nitrogen and oxygen atoms in total. The Morgan fingerprint density at radius 3 is 2.74 bits per heavy atom. The Kier molecular flexibility index (Phi) is 6.39. The largest absolute Gasteiger partial charge is 0.373 e. The molecule has 1 fully saturated rings. The highest BCUT2D eigenvalue weighted by Gasteiger charge is 2.28. The van der Waals surface area contributed by atoms with Gasteiger partial charge in [-0.25, -0.2) is 9.78 Å². The number of carbonyl (C=O) groups excluding carboxylic acids is 1. The normalized spacial score (nSPS) is 16.5. The number of aromatic nitrogens is 4. The summed E-state index contributed by atoms with van der Waals surface area (Å²) in [4.78, 5) is 23.0. The zero-order valence-corrected chi connectivity index (χ0v) is 16.2. The number of nitrogens with one attached hydrogen (secondary N) is 1. The molecule has 3 rings (SSSR count). The van der Waals surface area contributed by atoms with E-state index in [9.17, 15) is 4.79 Å². The van der Waals surface area contributed by atoms with Crippen molar-refractivity contribution in [2.24, 2.45) is 13.0 Å². The number of urea groups is 1. The molecule has 0 radical (unpaired) electrons. The van der Waals surface area contributed by atoms with Gasteiger partial charge in [0.1, 0.15) is 12.2 Å². The van der Waals surface area contributed by atoms with Gasteiger partial charge in [0.15, 0.2) is 0 Å². The zero-order chi connectivity index (χ0) is 19.2. The van der Waals surface area contributed by atoms with Crippen molar-refractivity contribution in [1.82, 2.24) is 30.0 Å². The van der Waals surface area contributed by atoms with Gasteiger partial charge in [-0.3, -0.25) is 9.67 Å². The maximum Gasteiger partial charge on any atom is 0.317 e. The SMILES string of the molecule is CC(C)C(NC(=O)N1CCC(OCc2cccnc2)CC1)c1ncnn1C. The molecule has 1 N–H and O–H groups in total. The first-order chi connectivity index (χ1) is 13.0. The molecule has 1 aliphatic heterocycles. The lowest BCUT2D eigenvalue weighted by Gasteiger charge is -2.33. The van der Waals surface area contributed by atoms with Crippen LogP contribution in [0.2, 0.25) is 0 Å². The highest BCUT2D eigenvalue weighted by molar-refractivity contribution is 5.74. The Balaban J connectivity index is 1.48. The molecule has 1 unspecified atom stereocenters. The lowest BCUT2D eigenvalue weighted by molar-refractivity contribution is 0.00404. The molecule has 0 saturated carbocycles. The van der Waals surface area contributed by atoms with Crippen LogP contribution in [0.25, 0.3) is 0 Å². The Bertz CT molecular complexity index is 725. The fourth-order valence-corrected chi connectivity index (χ4v) is 3.26. The molecule has 0 spiro atoms. The van der Waals surface area contributed by atoms with Crippen molar-refractivity contribution in [3.63, 3.8) is 0 Å². The van der Waals surface area contributed by atoms with Crippen molar-refractivity contribution in [2.45, 2.75) is 45.4 Å². The van der Waals surface area contributed by atoms with E-state index in [1.807, 2.05) is 30.3 Å². The lowest BCUT2D eigenvalue weighted by atomic mass is 10.0. The molecule has 2 aromatic heterocycles. The molecule has 1 saturated heterocycles. The summed E-state index contributed by atoms with van der Waals surface area (Å²) in [5.74, 6) is 0.991. The van der Waals surface area contributed by atoms with Crippen molar-refractivity contribution >= 4 is 6.03 Å². The van der Waals surface area contributed by atoms with Gasteiger partial charge in [-0.15, -0.1) is 0 Å². The second kappa shape index (κ2) is 8.94. The third-order valence-corrected chi connectivity index (χ3v) is 4.91. The number of likely N-dealkylation sites (tertiary alicyclic amines) is 1. The van der Waals surface area contributed by atoms with Crippen LogP contribution in [-0.4, -0.2) is 49.9 Å². The average molecular weight is 372 g/mol. The van der Waals surface area contributed by atoms with Crippen LogP contribution in [0.5, 0.6) is 0 Å². The van der Waals surface area contributed by atoms with Gasteiger partial charge in [0.2, 0.25) is 0 Å². The van der Waals surface area contributed by atoms with E-state index >= 15 is 0 Å². The second-order valence-corrected chi connectivity index (χ2v) is 7.27. The third-order valence-electron chi connectivity index (χ3n) is 4.91. The topological polar surface area (TPSA) is 85.2 Å². The first kappa shape index (κ1) is 19.3. The van der Waals surface area contributed by atoms with E-state index in [1.165, 1.54) is 6.33 Å². The summed E-state index contributed by atoms with van der Waals surface area (Å²) in [5, 5.41) is 7.23. The predicted octanol–water partition coefficient (Wildman–Crippen LogP) is 2.30. The molecular weight excluding hydrogens is 344 g/mol. The molecule has 27 heavy (non-hydrogen) atoms. The van der Waals surface area contributed by atoms with E-state index in [2.05, 4.69) is 34.2 Å². The summed E-state index contributed by atoms with van der Waals surface area (Å²) in [6.45, 7) is 6.07. The Morgan fingerprint density at radius 1 is 1.37 bits per heavy atom. The maximum absolute atomic E-state index is 12.7. The maximum atomic E-state index is 12.7. The summed E-state index contributed by atoms with van der Waals surface area (Å²) in [7, 11) is 1.84.